The Balaban J connectivity index is 2.38. The van der Waals surface area contributed by atoms with Crippen LogP contribution >= 0.6 is 0 Å². The van der Waals surface area contributed by atoms with Crippen molar-refractivity contribution in [2.45, 2.75) is 25.8 Å². The van der Waals surface area contributed by atoms with Gasteiger partial charge in [-0.2, -0.15) is 0 Å². The van der Waals surface area contributed by atoms with E-state index in [1.807, 2.05) is 0 Å². The second kappa shape index (κ2) is 4.63. The zero-order chi connectivity index (χ0) is 9.68. The standard InChI is InChI=1S/C9H11NO3/c1-2-4-8(11)13-9(12)7-5-3-6-10-7/h7,10H,3,5-6H2,1H3/t7-/m0/s1. The largest absolute Gasteiger partial charge is 0.392 e. The molecule has 1 atom stereocenters. The highest BCUT2D eigenvalue weighted by atomic mass is 16.6. The third-order valence-corrected chi connectivity index (χ3v) is 1.77. The molecule has 1 N–H and O–H groups in total. The van der Waals surface area contributed by atoms with Gasteiger partial charge < -0.3 is 10.1 Å². The smallest absolute Gasteiger partial charge is 0.382 e. The van der Waals surface area contributed by atoms with Crippen LogP contribution in [0.15, 0.2) is 0 Å². The van der Waals surface area contributed by atoms with E-state index < -0.39 is 11.9 Å². The molecule has 1 saturated heterocycles. The second-order valence-electron chi connectivity index (χ2n) is 2.73. The highest BCUT2D eigenvalue weighted by molar-refractivity contribution is 5.97. The first-order chi connectivity index (χ1) is 6.24. The SMILES string of the molecule is CC#CC(=O)OC(=O)[C@@H]1CCCN1. The van der Waals surface area contributed by atoms with E-state index in [0.717, 1.165) is 19.4 Å². The summed E-state index contributed by atoms with van der Waals surface area (Å²) in [6, 6.07) is -0.331. The quantitative estimate of drug-likeness (QED) is 0.264. The molecule has 0 spiro atoms. The summed E-state index contributed by atoms with van der Waals surface area (Å²) in [7, 11) is 0. The van der Waals surface area contributed by atoms with Crippen molar-refractivity contribution in [2.75, 3.05) is 6.54 Å². The van der Waals surface area contributed by atoms with Gasteiger partial charge >= 0.3 is 11.9 Å². The number of carbonyl (C=O) groups excluding carboxylic acids is 2. The van der Waals surface area contributed by atoms with Crippen molar-refractivity contribution < 1.29 is 14.3 Å². The van der Waals surface area contributed by atoms with Crippen LogP contribution in [0.25, 0.3) is 0 Å². The Hall–Kier alpha value is -1.34. The molecule has 13 heavy (non-hydrogen) atoms. The summed E-state index contributed by atoms with van der Waals surface area (Å²) in [5, 5.41) is 2.93. The first-order valence-electron chi connectivity index (χ1n) is 4.16. The summed E-state index contributed by atoms with van der Waals surface area (Å²) in [4.78, 5) is 21.9. The van der Waals surface area contributed by atoms with Crippen molar-refractivity contribution in [1.29, 1.82) is 0 Å². The predicted molar refractivity (Wildman–Crippen MR) is 45.6 cm³/mol. The minimum atomic E-state index is -0.777. The molecule has 0 amide bonds. The van der Waals surface area contributed by atoms with Crippen molar-refractivity contribution in [3.63, 3.8) is 0 Å². The van der Waals surface area contributed by atoms with Crippen LogP contribution in [0.1, 0.15) is 19.8 Å². The van der Waals surface area contributed by atoms with E-state index in [9.17, 15) is 9.59 Å². The van der Waals surface area contributed by atoms with Crippen LogP contribution in [0.3, 0.4) is 0 Å². The molecule has 0 unspecified atom stereocenters. The van der Waals surface area contributed by atoms with Crippen LogP contribution in [-0.2, 0) is 14.3 Å². The van der Waals surface area contributed by atoms with E-state index in [1.165, 1.54) is 6.92 Å². The average molecular weight is 181 g/mol. The van der Waals surface area contributed by atoms with E-state index in [0.29, 0.717) is 0 Å². The van der Waals surface area contributed by atoms with Crippen molar-refractivity contribution in [3.8, 4) is 11.8 Å². The van der Waals surface area contributed by atoms with Crippen LogP contribution in [0.4, 0.5) is 0 Å². The molecule has 1 fully saturated rings. The lowest BCUT2D eigenvalue weighted by Crippen LogP contribution is -2.33. The molecule has 1 aliphatic rings. The molecule has 0 aromatic carbocycles. The van der Waals surface area contributed by atoms with Crippen molar-refractivity contribution >= 4 is 11.9 Å². The van der Waals surface area contributed by atoms with E-state index in [2.05, 4.69) is 21.9 Å². The topological polar surface area (TPSA) is 55.4 Å². The Kier molecular flexibility index (Phi) is 3.47. The lowest BCUT2D eigenvalue weighted by molar-refractivity contribution is -0.156. The number of hydrogen-bond donors (Lipinski definition) is 1. The van der Waals surface area contributed by atoms with Gasteiger partial charge in [0.05, 0.1) is 0 Å². The first kappa shape index (κ1) is 9.75. The van der Waals surface area contributed by atoms with Gasteiger partial charge in [-0.15, -0.1) is 0 Å². The third kappa shape index (κ3) is 2.88. The maximum atomic E-state index is 11.2. The van der Waals surface area contributed by atoms with Crippen LogP contribution in [0, 0.1) is 11.8 Å². The first-order valence-corrected chi connectivity index (χ1v) is 4.16. The lowest BCUT2D eigenvalue weighted by Gasteiger charge is -2.05. The molecule has 1 aliphatic heterocycles. The normalized spacial score (nSPS) is 20.2. The zero-order valence-electron chi connectivity index (χ0n) is 7.42. The minimum Gasteiger partial charge on any atom is -0.382 e. The van der Waals surface area contributed by atoms with Gasteiger partial charge in [-0.3, -0.25) is 0 Å². The molecule has 0 aliphatic carbocycles. The van der Waals surface area contributed by atoms with E-state index >= 15 is 0 Å². The van der Waals surface area contributed by atoms with Gasteiger partial charge in [0.1, 0.15) is 6.04 Å². The van der Waals surface area contributed by atoms with E-state index in [1.54, 1.807) is 0 Å². The Morgan fingerprint density at radius 1 is 1.54 bits per heavy atom. The summed E-state index contributed by atoms with van der Waals surface area (Å²) in [5.41, 5.74) is 0. The van der Waals surface area contributed by atoms with Crippen LogP contribution in [0.5, 0.6) is 0 Å². The Morgan fingerprint density at radius 3 is 2.85 bits per heavy atom. The molecule has 0 radical (unpaired) electrons. The minimum absolute atomic E-state index is 0.331. The van der Waals surface area contributed by atoms with Crippen molar-refractivity contribution in [2.24, 2.45) is 0 Å². The highest BCUT2D eigenvalue weighted by Crippen LogP contribution is 2.06. The molecule has 0 bridgehead atoms. The van der Waals surface area contributed by atoms with Gasteiger partial charge in [0.25, 0.3) is 0 Å². The molecular weight excluding hydrogens is 170 g/mol. The second-order valence-corrected chi connectivity index (χ2v) is 2.73. The molecule has 1 heterocycles. The molecule has 4 nitrogen and oxygen atoms in total. The lowest BCUT2D eigenvalue weighted by atomic mass is 10.2. The van der Waals surface area contributed by atoms with E-state index in [-0.39, 0.29) is 6.04 Å². The highest BCUT2D eigenvalue weighted by Gasteiger charge is 2.24. The van der Waals surface area contributed by atoms with E-state index in [4.69, 9.17) is 0 Å². The predicted octanol–water partition coefficient (Wildman–Crippen LogP) is -0.169. The Labute approximate surface area is 76.6 Å². The molecule has 0 saturated carbocycles. The van der Waals surface area contributed by atoms with Crippen molar-refractivity contribution in [1.82, 2.24) is 5.32 Å². The number of carbonyl (C=O) groups is 2. The maximum absolute atomic E-state index is 11.2. The monoisotopic (exact) mass is 181 g/mol. The zero-order valence-corrected chi connectivity index (χ0v) is 7.42. The third-order valence-electron chi connectivity index (χ3n) is 1.77. The van der Waals surface area contributed by atoms with Gasteiger partial charge in [-0.05, 0) is 26.3 Å². The molecule has 70 valence electrons. The fraction of sp³-hybridized carbons (Fsp3) is 0.556. The average Bonchev–Trinajstić information content (AvgIpc) is 2.55. The molecule has 4 heteroatoms. The Morgan fingerprint density at radius 2 is 2.31 bits per heavy atom. The molecule has 0 aromatic heterocycles. The number of rotatable bonds is 1. The van der Waals surface area contributed by atoms with Gasteiger partial charge in [-0.1, -0.05) is 5.92 Å². The molecule has 1 rings (SSSR count). The molecular formula is C9H11NO3. The van der Waals surface area contributed by atoms with Crippen LogP contribution < -0.4 is 5.32 Å². The van der Waals surface area contributed by atoms with Crippen molar-refractivity contribution in [3.05, 3.63) is 0 Å². The van der Waals surface area contributed by atoms with Crippen LogP contribution in [-0.4, -0.2) is 24.5 Å². The summed E-state index contributed by atoms with van der Waals surface area (Å²) < 4.78 is 4.46. The fourth-order valence-electron chi connectivity index (χ4n) is 1.18. The van der Waals surface area contributed by atoms with Gasteiger partial charge in [0, 0.05) is 5.92 Å². The van der Waals surface area contributed by atoms with Gasteiger partial charge in [0.2, 0.25) is 0 Å². The number of esters is 2. The maximum Gasteiger partial charge on any atom is 0.392 e. The number of ether oxygens (including phenoxy) is 1. The number of nitrogens with one attached hydrogen (secondary N) is 1. The summed E-state index contributed by atoms with van der Waals surface area (Å²) in [6.07, 6.45) is 1.67. The van der Waals surface area contributed by atoms with Crippen LogP contribution in [0.2, 0.25) is 0 Å². The van der Waals surface area contributed by atoms with Gasteiger partial charge in [-0.25, -0.2) is 9.59 Å². The summed E-state index contributed by atoms with van der Waals surface area (Å²) in [5.74, 6) is 3.21. The Bertz CT molecular complexity index is 268. The number of hydrogen-bond acceptors (Lipinski definition) is 4. The summed E-state index contributed by atoms with van der Waals surface area (Å²) >= 11 is 0. The van der Waals surface area contributed by atoms with Gasteiger partial charge in [0.15, 0.2) is 0 Å². The molecule has 0 aromatic rings. The summed E-state index contributed by atoms with van der Waals surface area (Å²) in [6.45, 7) is 2.31. The fourth-order valence-corrected chi connectivity index (χ4v) is 1.18.